The molecular weight excluding hydrogens is 388 g/mol. The predicted octanol–water partition coefficient (Wildman–Crippen LogP) is 3.53. The summed E-state index contributed by atoms with van der Waals surface area (Å²) in [6, 6.07) is 15.0. The van der Waals surface area contributed by atoms with Crippen molar-refractivity contribution in [3.05, 3.63) is 70.1 Å². The molecule has 1 aliphatic rings. The first-order chi connectivity index (χ1) is 13.9. The smallest absolute Gasteiger partial charge is 0.293 e. The van der Waals surface area contributed by atoms with Crippen molar-refractivity contribution in [3.8, 4) is 5.75 Å². The van der Waals surface area contributed by atoms with Gasteiger partial charge in [-0.2, -0.15) is 0 Å². The van der Waals surface area contributed by atoms with E-state index in [4.69, 9.17) is 4.74 Å². The van der Waals surface area contributed by atoms with Gasteiger partial charge >= 0.3 is 0 Å². The molecule has 150 valence electrons. The number of imide groups is 1. The molecule has 7 heteroatoms. The minimum atomic E-state index is -0.343. The van der Waals surface area contributed by atoms with E-state index < -0.39 is 0 Å². The molecule has 0 saturated carbocycles. The fourth-order valence-corrected chi connectivity index (χ4v) is 3.57. The lowest BCUT2D eigenvalue weighted by molar-refractivity contribution is -0.125. The van der Waals surface area contributed by atoms with E-state index >= 15 is 0 Å². The molecular formula is C22H22N2O4S. The van der Waals surface area contributed by atoms with Gasteiger partial charge in [0.1, 0.15) is 5.75 Å². The fourth-order valence-electron chi connectivity index (χ4n) is 2.70. The van der Waals surface area contributed by atoms with Gasteiger partial charge in [0.25, 0.3) is 17.1 Å². The Hall–Kier alpha value is -3.06. The van der Waals surface area contributed by atoms with E-state index in [9.17, 15) is 14.4 Å². The van der Waals surface area contributed by atoms with E-state index in [1.54, 1.807) is 6.08 Å². The lowest BCUT2D eigenvalue weighted by atomic mass is 10.1. The molecule has 1 heterocycles. The van der Waals surface area contributed by atoms with Crippen LogP contribution in [0.15, 0.2) is 53.4 Å². The third kappa shape index (κ3) is 5.48. The molecule has 0 radical (unpaired) electrons. The molecule has 3 amide bonds. The van der Waals surface area contributed by atoms with Gasteiger partial charge in [-0.3, -0.25) is 19.3 Å². The first-order valence-corrected chi connectivity index (χ1v) is 10.0. The number of hydrogen-bond acceptors (Lipinski definition) is 5. The van der Waals surface area contributed by atoms with Crippen LogP contribution in [0.1, 0.15) is 16.7 Å². The Kier molecular flexibility index (Phi) is 6.72. The number of ether oxygens (including phenoxy) is 1. The normalized spacial score (nSPS) is 15.1. The van der Waals surface area contributed by atoms with Crippen molar-refractivity contribution in [3.63, 3.8) is 0 Å². The predicted molar refractivity (Wildman–Crippen MR) is 114 cm³/mol. The summed E-state index contributed by atoms with van der Waals surface area (Å²) in [4.78, 5) is 38.1. The molecule has 3 rings (SSSR count). The third-order valence-corrected chi connectivity index (χ3v) is 5.38. The van der Waals surface area contributed by atoms with E-state index in [2.05, 4.69) is 5.32 Å². The summed E-state index contributed by atoms with van der Waals surface area (Å²) in [6.45, 7) is 4.15. The lowest BCUT2D eigenvalue weighted by Crippen LogP contribution is -2.38. The fraction of sp³-hybridized carbons (Fsp3) is 0.227. The third-order valence-electron chi connectivity index (χ3n) is 4.48. The summed E-state index contributed by atoms with van der Waals surface area (Å²) < 4.78 is 5.48. The lowest BCUT2D eigenvalue weighted by Gasteiger charge is -2.13. The van der Waals surface area contributed by atoms with E-state index in [0.29, 0.717) is 10.7 Å². The van der Waals surface area contributed by atoms with Gasteiger partial charge in [-0.1, -0.05) is 36.4 Å². The van der Waals surface area contributed by atoms with Crippen LogP contribution in [-0.2, 0) is 9.59 Å². The zero-order chi connectivity index (χ0) is 20.8. The highest BCUT2D eigenvalue weighted by atomic mass is 32.2. The number of aryl methyl sites for hydroxylation is 2. The SMILES string of the molecule is Cc1ccc(OCC(=O)NCCN2C(=O)S/C(=C\c3ccccc3)C2=O)cc1C. The molecule has 0 bridgehead atoms. The van der Waals surface area contributed by atoms with Crippen molar-refractivity contribution < 1.29 is 19.1 Å². The summed E-state index contributed by atoms with van der Waals surface area (Å²) in [5, 5.41) is 2.34. The minimum Gasteiger partial charge on any atom is -0.484 e. The first-order valence-electron chi connectivity index (χ1n) is 9.21. The van der Waals surface area contributed by atoms with Crippen LogP contribution < -0.4 is 10.1 Å². The number of nitrogens with zero attached hydrogens (tertiary/aromatic N) is 1. The van der Waals surface area contributed by atoms with Crippen LogP contribution in [-0.4, -0.2) is 41.6 Å². The number of benzene rings is 2. The van der Waals surface area contributed by atoms with Gasteiger partial charge in [0.05, 0.1) is 4.91 Å². The summed E-state index contributed by atoms with van der Waals surface area (Å²) >= 11 is 0.907. The number of hydrogen-bond donors (Lipinski definition) is 1. The highest BCUT2D eigenvalue weighted by Crippen LogP contribution is 2.31. The van der Waals surface area contributed by atoms with Gasteiger partial charge in [0.15, 0.2) is 6.61 Å². The standard InChI is InChI=1S/C22H22N2O4S/c1-15-8-9-18(12-16(15)2)28-14-20(25)23-10-11-24-21(26)19(29-22(24)27)13-17-6-4-3-5-7-17/h3-9,12-13H,10-11,14H2,1-2H3,(H,23,25)/b19-13-. The second kappa shape index (κ2) is 9.43. The van der Waals surface area contributed by atoms with Crippen LogP contribution in [0.4, 0.5) is 4.79 Å². The van der Waals surface area contributed by atoms with E-state index in [1.165, 1.54) is 0 Å². The molecule has 1 aliphatic heterocycles. The van der Waals surface area contributed by atoms with Crippen LogP contribution in [0, 0.1) is 13.8 Å². The minimum absolute atomic E-state index is 0.117. The van der Waals surface area contributed by atoms with Gasteiger partial charge < -0.3 is 10.1 Å². The summed E-state index contributed by atoms with van der Waals surface area (Å²) in [5.41, 5.74) is 3.10. The summed E-state index contributed by atoms with van der Waals surface area (Å²) in [6.07, 6.45) is 1.70. The maximum atomic E-state index is 12.4. The summed E-state index contributed by atoms with van der Waals surface area (Å²) in [5.74, 6) is -0.0280. The van der Waals surface area contributed by atoms with Gasteiger partial charge in [-0.15, -0.1) is 0 Å². The molecule has 1 saturated heterocycles. The Morgan fingerprint density at radius 3 is 2.59 bits per heavy atom. The Labute approximate surface area is 173 Å². The molecule has 2 aromatic rings. The van der Waals surface area contributed by atoms with Crippen molar-refractivity contribution in [2.24, 2.45) is 0 Å². The molecule has 29 heavy (non-hydrogen) atoms. The second-order valence-corrected chi connectivity index (χ2v) is 7.62. The van der Waals surface area contributed by atoms with Crippen LogP contribution in [0.3, 0.4) is 0 Å². The van der Waals surface area contributed by atoms with Crippen LogP contribution in [0.25, 0.3) is 6.08 Å². The maximum absolute atomic E-state index is 12.4. The molecule has 6 nitrogen and oxygen atoms in total. The second-order valence-electron chi connectivity index (χ2n) is 6.63. The number of nitrogens with one attached hydrogen (secondary N) is 1. The number of rotatable bonds is 7. The van der Waals surface area contributed by atoms with Gasteiger partial charge in [-0.05, 0) is 60.5 Å². The largest absolute Gasteiger partial charge is 0.484 e. The number of carbonyl (C=O) groups excluding carboxylic acids is 3. The Morgan fingerprint density at radius 2 is 1.86 bits per heavy atom. The molecule has 0 atom stereocenters. The van der Waals surface area contributed by atoms with Crippen LogP contribution in [0.5, 0.6) is 5.75 Å². The van der Waals surface area contributed by atoms with E-state index in [1.807, 2.05) is 62.4 Å². The van der Waals surface area contributed by atoms with Crippen LogP contribution >= 0.6 is 11.8 Å². The number of carbonyl (C=O) groups is 3. The van der Waals surface area contributed by atoms with Crippen molar-refractivity contribution in [2.75, 3.05) is 19.7 Å². The highest BCUT2D eigenvalue weighted by Gasteiger charge is 2.34. The Bertz CT molecular complexity index is 957. The van der Waals surface area contributed by atoms with Gasteiger partial charge in [0.2, 0.25) is 0 Å². The maximum Gasteiger partial charge on any atom is 0.293 e. The average Bonchev–Trinajstić information content (AvgIpc) is 2.97. The molecule has 1 N–H and O–H groups in total. The molecule has 0 aliphatic carbocycles. The van der Waals surface area contributed by atoms with E-state index in [0.717, 1.165) is 33.4 Å². The number of amides is 3. The molecule has 2 aromatic carbocycles. The highest BCUT2D eigenvalue weighted by molar-refractivity contribution is 8.18. The zero-order valence-corrected chi connectivity index (χ0v) is 17.1. The van der Waals surface area contributed by atoms with Crippen molar-refractivity contribution in [1.82, 2.24) is 10.2 Å². The molecule has 1 fully saturated rings. The van der Waals surface area contributed by atoms with Crippen molar-refractivity contribution >= 4 is 34.9 Å². The van der Waals surface area contributed by atoms with Crippen molar-refractivity contribution in [2.45, 2.75) is 13.8 Å². The van der Waals surface area contributed by atoms with Gasteiger partial charge in [0, 0.05) is 13.1 Å². The molecule has 0 spiro atoms. The summed E-state index contributed by atoms with van der Waals surface area (Å²) in [7, 11) is 0. The van der Waals surface area contributed by atoms with Gasteiger partial charge in [-0.25, -0.2) is 0 Å². The van der Waals surface area contributed by atoms with E-state index in [-0.39, 0.29) is 36.7 Å². The first kappa shape index (κ1) is 20.7. The Morgan fingerprint density at radius 1 is 1.10 bits per heavy atom. The average molecular weight is 410 g/mol. The number of thioether (sulfide) groups is 1. The monoisotopic (exact) mass is 410 g/mol. The van der Waals surface area contributed by atoms with Crippen molar-refractivity contribution in [1.29, 1.82) is 0 Å². The topological polar surface area (TPSA) is 75.7 Å². The van der Waals surface area contributed by atoms with Crippen LogP contribution in [0.2, 0.25) is 0 Å². The molecule has 0 unspecified atom stereocenters. The zero-order valence-electron chi connectivity index (χ0n) is 16.3. The molecule has 0 aromatic heterocycles. The quantitative estimate of drug-likeness (QED) is 0.707. The Balaban J connectivity index is 1.46.